The van der Waals surface area contributed by atoms with Gasteiger partial charge in [-0.3, -0.25) is 0 Å². The molecule has 6 heteroatoms. The lowest BCUT2D eigenvalue weighted by Crippen LogP contribution is -2.47. The summed E-state index contributed by atoms with van der Waals surface area (Å²) >= 11 is 1.81. The van der Waals surface area contributed by atoms with Gasteiger partial charge in [0.15, 0.2) is 5.96 Å². The molecular weight excluding hydrogens is 344 g/mol. The van der Waals surface area contributed by atoms with Crippen molar-refractivity contribution in [1.29, 1.82) is 0 Å². The van der Waals surface area contributed by atoms with Crippen molar-refractivity contribution in [2.45, 2.75) is 44.8 Å². The molecule has 138 valence electrons. The molecule has 1 aromatic heterocycles. The number of aromatic nitrogens is 1. The van der Waals surface area contributed by atoms with Gasteiger partial charge in [0.1, 0.15) is 5.01 Å². The molecule has 1 aliphatic heterocycles. The summed E-state index contributed by atoms with van der Waals surface area (Å²) in [6.07, 6.45) is 3.54. The Balaban J connectivity index is 1.41. The standard InChI is InChI=1S/C20H26N4OS/c1-14-13-24(9-10-25-14)20(21)22-12-19-23-17-8-7-16(11-18(17)26-19)15-5-3-2-4-6-15/h2-6,14,16H,7-13H2,1H3,(H2,21,22). The number of aliphatic imine (C=N–C) groups is 1. The summed E-state index contributed by atoms with van der Waals surface area (Å²) in [5.74, 6) is 1.22. The topological polar surface area (TPSA) is 63.7 Å². The Morgan fingerprint density at radius 1 is 1.38 bits per heavy atom. The Hall–Kier alpha value is -1.92. The van der Waals surface area contributed by atoms with E-state index >= 15 is 0 Å². The highest BCUT2D eigenvalue weighted by molar-refractivity contribution is 7.11. The fraction of sp³-hybridized carbons (Fsp3) is 0.500. The van der Waals surface area contributed by atoms with Crippen LogP contribution in [0.25, 0.3) is 0 Å². The Labute approximate surface area is 158 Å². The second-order valence-electron chi connectivity index (χ2n) is 7.13. The molecule has 1 saturated heterocycles. The van der Waals surface area contributed by atoms with Gasteiger partial charge in [-0.15, -0.1) is 11.3 Å². The van der Waals surface area contributed by atoms with Gasteiger partial charge in [0, 0.05) is 18.0 Å². The molecule has 0 bridgehead atoms. The average molecular weight is 371 g/mol. The van der Waals surface area contributed by atoms with E-state index in [4.69, 9.17) is 15.5 Å². The zero-order valence-corrected chi connectivity index (χ0v) is 16.0. The summed E-state index contributed by atoms with van der Waals surface area (Å²) in [4.78, 5) is 12.9. The summed E-state index contributed by atoms with van der Waals surface area (Å²) in [6, 6.07) is 10.8. The summed E-state index contributed by atoms with van der Waals surface area (Å²) in [6.45, 7) is 4.97. The minimum atomic E-state index is 0.208. The van der Waals surface area contributed by atoms with E-state index in [9.17, 15) is 0 Å². The molecule has 5 nitrogen and oxygen atoms in total. The van der Waals surface area contributed by atoms with Gasteiger partial charge >= 0.3 is 0 Å². The zero-order chi connectivity index (χ0) is 17.9. The molecule has 2 aliphatic rings. The number of fused-ring (bicyclic) bond motifs is 1. The molecule has 2 unspecified atom stereocenters. The van der Waals surface area contributed by atoms with Crippen LogP contribution in [0.1, 0.15) is 40.4 Å². The number of hydrogen-bond acceptors (Lipinski definition) is 4. The minimum absolute atomic E-state index is 0.208. The Morgan fingerprint density at radius 2 is 2.23 bits per heavy atom. The fourth-order valence-electron chi connectivity index (χ4n) is 3.78. The van der Waals surface area contributed by atoms with Crippen LogP contribution in [0.2, 0.25) is 0 Å². The van der Waals surface area contributed by atoms with Gasteiger partial charge in [0.05, 0.1) is 24.9 Å². The smallest absolute Gasteiger partial charge is 0.191 e. The molecule has 0 radical (unpaired) electrons. The number of hydrogen-bond donors (Lipinski definition) is 1. The number of thiazole rings is 1. The molecule has 0 saturated carbocycles. The van der Waals surface area contributed by atoms with Crippen LogP contribution in [-0.2, 0) is 24.1 Å². The highest BCUT2D eigenvalue weighted by atomic mass is 32.1. The van der Waals surface area contributed by atoms with Crippen LogP contribution in [0.15, 0.2) is 35.3 Å². The molecule has 4 rings (SSSR count). The summed E-state index contributed by atoms with van der Waals surface area (Å²) in [5.41, 5.74) is 8.89. The second kappa shape index (κ2) is 7.76. The van der Waals surface area contributed by atoms with Gasteiger partial charge in [0.25, 0.3) is 0 Å². The Morgan fingerprint density at radius 3 is 3.04 bits per heavy atom. The van der Waals surface area contributed by atoms with E-state index in [1.165, 1.54) is 22.6 Å². The number of aryl methyl sites for hydroxylation is 1. The first-order valence-electron chi connectivity index (χ1n) is 9.38. The number of morpholine rings is 1. The molecule has 26 heavy (non-hydrogen) atoms. The molecule has 0 amide bonds. The molecule has 1 fully saturated rings. The van der Waals surface area contributed by atoms with Gasteiger partial charge in [-0.25, -0.2) is 9.98 Å². The van der Waals surface area contributed by atoms with Crippen molar-refractivity contribution in [3.05, 3.63) is 51.5 Å². The maximum Gasteiger partial charge on any atom is 0.191 e. The first-order valence-corrected chi connectivity index (χ1v) is 10.2. The molecule has 1 aliphatic carbocycles. The third-order valence-electron chi connectivity index (χ3n) is 5.20. The molecule has 2 heterocycles. The summed E-state index contributed by atoms with van der Waals surface area (Å²) < 4.78 is 5.56. The Bertz CT molecular complexity index is 773. The van der Waals surface area contributed by atoms with Crippen LogP contribution >= 0.6 is 11.3 Å². The van der Waals surface area contributed by atoms with E-state index in [1.54, 1.807) is 11.3 Å². The highest BCUT2D eigenvalue weighted by Crippen LogP contribution is 2.35. The van der Waals surface area contributed by atoms with Crippen molar-refractivity contribution in [1.82, 2.24) is 9.88 Å². The number of rotatable bonds is 3. The van der Waals surface area contributed by atoms with Gasteiger partial charge in [-0.05, 0) is 37.7 Å². The number of guanidine groups is 1. The van der Waals surface area contributed by atoms with E-state index in [1.807, 2.05) is 0 Å². The van der Waals surface area contributed by atoms with Crippen LogP contribution in [0.4, 0.5) is 0 Å². The van der Waals surface area contributed by atoms with Gasteiger partial charge < -0.3 is 15.4 Å². The van der Waals surface area contributed by atoms with E-state index in [-0.39, 0.29) is 6.10 Å². The van der Waals surface area contributed by atoms with Crippen LogP contribution < -0.4 is 5.73 Å². The van der Waals surface area contributed by atoms with Crippen molar-refractivity contribution >= 4 is 17.3 Å². The van der Waals surface area contributed by atoms with Gasteiger partial charge in [-0.1, -0.05) is 30.3 Å². The predicted octanol–water partition coefficient (Wildman–Crippen LogP) is 2.95. The van der Waals surface area contributed by atoms with Crippen LogP contribution in [0.3, 0.4) is 0 Å². The van der Waals surface area contributed by atoms with Crippen molar-refractivity contribution in [3.8, 4) is 0 Å². The number of ether oxygens (including phenoxy) is 1. The van der Waals surface area contributed by atoms with E-state index < -0.39 is 0 Å². The van der Waals surface area contributed by atoms with Gasteiger partial charge in [-0.2, -0.15) is 0 Å². The van der Waals surface area contributed by atoms with Crippen molar-refractivity contribution in [2.75, 3.05) is 19.7 Å². The normalized spacial score (nSPS) is 23.7. The van der Waals surface area contributed by atoms with Gasteiger partial charge in [0.2, 0.25) is 0 Å². The molecule has 2 atom stereocenters. The minimum Gasteiger partial charge on any atom is -0.375 e. The van der Waals surface area contributed by atoms with E-state index in [2.05, 4.69) is 47.1 Å². The van der Waals surface area contributed by atoms with Crippen molar-refractivity contribution < 1.29 is 4.74 Å². The number of benzene rings is 1. The van der Waals surface area contributed by atoms with Crippen LogP contribution in [-0.4, -0.2) is 41.6 Å². The largest absolute Gasteiger partial charge is 0.375 e. The molecule has 2 N–H and O–H groups in total. The van der Waals surface area contributed by atoms with Crippen molar-refractivity contribution in [3.63, 3.8) is 0 Å². The SMILES string of the molecule is CC1CN(C(N)=NCc2nc3c(s2)CC(c2ccccc2)CC3)CCO1. The average Bonchev–Trinajstić information content (AvgIpc) is 3.09. The second-order valence-corrected chi connectivity index (χ2v) is 8.30. The highest BCUT2D eigenvalue weighted by Gasteiger charge is 2.24. The molecule has 0 spiro atoms. The monoisotopic (exact) mass is 370 g/mol. The lowest BCUT2D eigenvalue weighted by Gasteiger charge is -2.31. The zero-order valence-electron chi connectivity index (χ0n) is 15.2. The predicted molar refractivity (Wildman–Crippen MR) is 106 cm³/mol. The van der Waals surface area contributed by atoms with E-state index in [0.29, 0.717) is 25.0 Å². The third kappa shape index (κ3) is 3.91. The molecule has 2 aromatic rings. The summed E-state index contributed by atoms with van der Waals surface area (Å²) in [5, 5.41) is 1.08. The van der Waals surface area contributed by atoms with Crippen LogP contribution in [0, 0.1) is 0 Å². The molecular formula is C20H26N4OS. The number of nitrogens with two attached hydrogens (primary N) is 1. The maximum absolute atomic E-state index is 6.18. The number of nitrogens with zero attached hydrogens (tertiary/aromatic N) is 3. The fourth-order valence-corrected chi connectivity index (χ4v) is 4.90. The summed E-state index contributed by atoms with van der Waals surface area (Å²) in [7, 11) is 0. The quantitative estimate of drug-likeness (QED) is 0.666. The third-order valence-corrected chi connectivity index (χ3v) is 6.30. The Kier molecular flexibility index (Phi) is 5.22. The first kappa shape index (κ1) is 17.5. The first-order chi connectivity index (χ1) is 12.7. The van der Waals surface area contributed by atoms with Crippen molar-refractivity contribution in [2.24, 2.45) is 10.7 Å². The lowest BCUT2D eigenvalue weighted by atomic mass is 9.85. The van der Waals surface area contributed by atoms with E-state index in [0.717, 1.165) is 30.9 Å². The maximum atomic E-state index is 6.18. The van der Waals surface area contributed by atoms with Crippen LogP contribution in [0.5, 0.6) is 0 Å². The molecule has 1 aromatic carbocycles. The lowest BCUT2D eigenvalue weighted by molar-refractivity contribution is 0.00529.